The lowest BCUT2D eigenvalue weighted by atomic mass is 9.77. The molecule has 1 saturated carbocycles. The molecular formula is C21H25N5O2. The maximum absolute atomic E-state index is 12.8. The molecule has 2 aliphatic carbocycles. The molecule has 28 heavy (non-hydrogen) atoms. The molecule has 7 heteroatoms. The Hall–Kier alpha value is -2.70. The van der Waals surface area contributed by atoms with Gasteiger partial charge in [0.2, 0.25) is 5.91 Å². The lowest BCUT2D eigenvalue weighted by Crippen LogP contribution is -2.49. The first kappa shape index (κ1) is 17.4. The number of likely N-dealkylation sites (tertiary alicyclic amines) is 1. The highest BCUT2D eigenvalue weighted by Gasteiger charge is 2.46. The van der Waals surface area contributed by atoms with Crippen LogP contribution in [0.2, 0.25) is 0 Å². The standard InChI is InChI=1S/C21H25N5O2/c27-17(12-23-15-3-1-9-22-11-15)26-10-2-7-21(13-26)8-6-16-18(21)24-19(14-4-5-14)25-20(16)28/h1,3,9,11,14,23H,2,4-8,10,12-13H2,(H,24,25,28). The molecular weight excluding hydrogens is 354 g/mol. The zero-order chi connectivity index (χ0) is 19.1. The van der Waals surface area contributed by atoms with E-state index >= 15 is 0 Å². The Bertz CT molecular complexity index is 953. The van der Waals surface area contributed by atoms with Gasteiger partial charge in [-0.1, -0.05) is 0 Å². The highest BCUT2D eigenvalue weighted by atomic mass is 16.2. The minimum absolute atomic E-state index is 0.0328. The zero-order valence-electron chi connectivity index (χ0n) is 15.9. The molecule has 5 rings (SSSR count). The number of aromatic amines is 1. The van der Waals surface area contributed by atoms with Crippen LogP contribution >= 0.6 is 0 Å². The third-order valence-corrected chi connectivity index (χ3v) is 6.39. The fourth-order valence-electron chi connectivity index (χ4n) is 4.72. The summed E-state index contributed by atoms with van der Waals surface area (Å²) in [5.74, 6) is 1.36. The van der Waals surface area contributed by atoms with Crippen LogP contribution in [-0.2, 0) is 16.6 Å². The van der Waals surface area contributed by atoms with E-state index in [1.165, 1.54) is 0 Å². The summed E-state index contributed by atoms with van der Waals surface area (Å²) in [5, 5.41) is 3.16. The molecule has 2 aromatic heterocycles. The Morgan fingerprint density at radius 3 is 3.04 bits per heavy atom. The average molecular weight is 379 g/mol. The van der Waals surface area contributed by atoms with Gasteiger partial charge in [-0.25, -0.2) is 4.98 Å². The van der Waals surface area contributed by atoms with Gasteiger partial charge in [-0.15, -0.1) is 0 Å². The molecule has 1 aliphatic heterocycles. The largest absolute Gasteiger partial charge is 0.375 e. The van der Waals surface area contributed by atoms with Gasteiger partial charge < -0.3 is 15.2 Å². The predicted octanol–water partition coefficient (Wildman–Crippen LogP) is 1.96. The van der Waals surface area contributed by atoms with Crippen molar-refractivity contribution in [2.24, 2.45) is 0 Å². The smallest absolute Gasteiger partial charge is 0.254 e. The van der Waals surface area contributed by atoms with Crippen molar-refractivity contribution >= 4 is 11.6 Å². The number of H-pyrrole nitrogens is 1. The lowest BCUT2D eigenvalue weighted by molar-refractivity contribution is -0.131. The molecule has 2 aromatic rings. The molecule has 3 heterocycles. The van der Waals surface area contributed by atoms with E-state index in [-0.39, 0.29) is 23.4 Å². The lowest BCUT2D eigenvalue weighted by Gasteiger charge is -2.40. The van der Waals surface area contributed by atoms with Crippen LogP contribution < -0.4 is 10.9 Å². The van der Waals surface area contributed by atoms with E-state index in [1.807, 2.05) is 17.0 Å². The van der Waals surface area contributed by atoms with E-state index in [9.17, 15) is 9.59 Å². The van der Waals surface area contributed by atoms with Crippen LogP contribution in [0.3, 0.4) is 0 Å². The molecule has 1 atom stereocenters. The molecule has 7 nitrogen and oxygen atoms in total. The number of anilines is 1. The summed E-state index contributed by atoms with van der Waals surface area (Å²) in [4.78, 5) is 39.3. The average Bonchev–Trinajstić information content (AvgIpc) is 3.52. The number of hydrogen-bond acceptors (Lipinski definition) is 5. The number of aromatic nitrogens is 3. The number of hydrogen-bond donors (Lipinski definition) is 2. The van der Waals surface area contributed by atoms with E-state index in [2.05, 4.69) is 15.3 Å². The van der Waals surface area contributed by atoms with Crippen molar-refractivity contribution in [1.82, 2.24) is 19.9 Å². The van der Waals surface area contributed by atoms with E-state index < -0.39 is 0 Å². The van der Waals surface area contributed by atoms with Crippen LogP contribution in [0.15, 0.2) is 29.3 Å². The summed E-state index contributed by atoms with van der Waals surface area (Å²) in [7, 11) is 0. The molecule has 0 bridgehead atoms. The van der Waals surface area contributed by atoms with Crippen molar-refractivity contribution in [3.63, 3.8) is 0 Å². The SMILES string of the molecule is O=C(CNc1cccnc1)N1CCCC2(CCc3c2nc(C2CC2)[nH]c3=O)C1. The van der Waals surface area contributed by atoms with Crippen molar-refractivity contribution in [2.75, 3.05) is 25.0 Å². The molecule has 1 unspecified atom stereocenters. The van der Waals surface area contributed by atoms with Crippen molar-refractivity contribution in [2.45, 2.75) is 49.9 Å². The molecule has 1 amide bonds. The first-order valence-electron chi connectivity index (χ1n) is 10.2. The summed E-state index contributed by atoms with van der Waals surface area (Å²) in [5.41, 5.74) is 2.53. The number of pyridine rings is 1. The van der Waals surface area contributed by atoms with Crippen LogP contribution in [0, 0.1) is 0 Å². The second-order valence-electron chi connectivity index (χ2n) is 8.35. The summed E-state index contributed by atoms with van der Waals surface area (Å²) >= 11 is 0. The van der Waals surface area contributed by atoms with Crippen LogP contribution in [0.4, 0.5) is 5.69 Å². The van der Waals surface area contributed by atoms with Gasteiger partial charge in [0.1, 0.15) is 5.82 Å². The maximum atomic E-state index is 12.8. The van der Waals surface area contributed by atoms with E-state index in [4.69, 9.17) is 4.98 Å². The van der Waals surface area contributed by atoms with Gasteiger partial charge in [-0.2, -0.15) is 0 Å². The van der Waals surface area contributed by atoms with Gasteiger partial charge in [0.15, 0.2) is 0 Å². The summed E-state index contributed by atoms with van der Waals surface area (Å²) < 4.78 is 0. The number of amides is 1. The molecule has 2 N–H and O–H groups in total. The maximum Gasteiger partial charge on any atom is 0.254 e. The van der Waals surface area contributed by atoms with Crippen molar-refractivity contribution in [1.29, 1.82) is 0 Å². The molecule has 2 fully saturated rings. The van der Waals surface area contributed by atoms with E-state index in [0.29, 0.717) is 12.5 Å². The van der Waals surface area contributed by atoms with Gasteiger partial charge in [-0.05, 0) is 50.7 Å². The van der Waals surface area contributed by atoms with Crippen LogP contribution in [0.5, 0.6) is 0 Å². The second-order valence-corrected chi connectivity index (χ2v) is 8.35. The van der Waals surface area contributed by atoms with Gasteiger partial charge in [0.25, 0.3) is 5.56 Å². The fourth-order valence-corrected chi connectivity index (χ4v) is 4.72. The van der Waals surface area contributed by atoms with E-state index in [0.717, 1.165) is 67.8 Å². The highest BCUT2D eigenvalue weighted by molar-refractivity contribution is 5.81. The summed E-state index contributed by atoms with van der Waals surface area (Å²) in [6.45, 7) is 1.68. The topological polar surface area (TPSA) is 91.0 Å². The fraction of sp³-hybridized carbons (Fsp3) is 0.524. The number of fused-ring (bicyclic) bond motifs is 2. The van der Waals surface area contributed by atoms with Gasteiger partial charge in [0, 0.05) is 42.4 Å². The van der Waals surface area contributed by atoms with Gasteiger partial charge in [-0.3, -0.25) is 14.6 Å². The minimum atomic E-state index is -0.157. The molecule has 0 aromatic carbocycles. The highest BCUT2D eigenvalue weighted by Crippen LogP contribution is 2.45. The monoisotopic (exact) mass is 379 g/mol. The van der Waals surface area contributed by atoms with Gasteiger partial charge >= 0.3 is 0 Å². The Morgan fingerprint density at radius 1 is 1.36 bits per heavy atom. The molecule has 3 aliphatic rings. The molecule has 1 spiro atoms. The number of piperidine rings is 1. The first-order chi connectivity index (χ1) is 13.6. The summed E-state index contributed by atoms with van der Waals surface area (Å²) in [6, 6.07) is 3.75. The van der Waals surface area contributed by atoms with Crippen LogP contribution in [0.25, 0.3) is 0 Å². The zero-order valence-corrected chi connectivity index (χ0v) is 15.9. The third kappa shape index (κ3) is 3.08. The number of rotatable bonds is 4. The van der Waals surface area contributed by atoms with Crippen molar-refractivity contribution < 1.29 is 4.79 Å². The summed E-state index contributed by atoms with van der Waals surface area (Å²) in [6.07, 6.45) is 9.27. The Balaban J connectivity index is 1.35. The van der Waals surface area contributed by atoms with E-state index in [1.54, 1.807) is 12.4 Å². The number of nitrogens with one attached hydrogen (secondary N) is 2. The third-order valence-electron chi connectivity index (χ3n) is 6.39. The van der Waals surface area contributed by atoms with Crippen molar-refractivity contribution in [3.05, 3.63) is 52.0 Å². The number of nitrogens with zero attached hydrogens (tertiary/aromatic N) is 3. The Labute approximate surface area is 163 Å². The second kappa shape index (κ2) is 6.72. The normalized spacial score (nSPS) is 23.6. The first-order valence-corrected chi connectivity index (χ1v) is 10.2. The van der Waals surface area contributed by atoms with Crippen molar-refractivity contribution in [3.8, 4) is 0 Å². The number of carbonyl (C=O) groups is 1. The predicted molar refractivity (Wildman–Crippen MR) is 105 cm³/mol. The Morgan fingerprint density at radius 2 is 2.25 bits per heavy atom. The molecule has 146 valence electrons. The van der Waals surface area contributed by atoms with Crippen LogP contribution in [-0.4, -0.2) is 45.4 Å². The number of carbonyl (C=O) groups excluding carboxylic acids is 1. The Kier molecular flexibility index (Phi) is 4.18. The quantitative estimate of drug-likeness (QED) is 0.847. The van der Waals surface area contributed by atoms with Gasteiger partial charge in [0.05, 0.1) is 17.9 Å². The molecule has 0 radical (unpaired) electrons. The minimum Gasteiger partial charge on any atom is -0.375 e. The van der Waals surface area contributed by atoms with Crippen LogP contribution in [0.1, 0.15) is 55.1 Å². The molecule has 1 saturated heterocycles.